The van der Waals surface area contributed by atoms with Crippen LogP contribution in [-0.4, -0.2) is 6.21 Å². The molecule has 1 aliphatic rings. The fraction of sp³-hybridized carbons (Fsp3) is 0. The minimum Gasteiger partial charge on any atom is -0.241 e. The second kappa shape index (κ2) is 4.26. The van der Waals surface area contributed by atoms with Crippen LogP contribution in [0.25, 0.3) is 6.08 Å². The van der Waals surface area contributed by atoms with Crippen molar-refractivity contribution in [1.29, 1.82) is 0 Å². The van der Waals surface area contributed by atoms with Gasteiger partial charge in [-0.3, -0.25) is 0 Å². The van der Waals surface area contributed by atoms with E-state index in [1.165, 1.54) is 5.56 Å². The van der Waals surface area contributed by atoms with E-state index in [9.17, 15) is 0 Å². The van der Waals surface area contributed by atoms with E-state index in [1.54, 1.807) is 0 Å². The van der Waals surface area contributed by atoms with E-state index in [0.29, 0.717) is 0 Å². The third-order valence-corrected chi connectivity index (χ3v) is 2.73. The lowest BCUT2D eigenvalue weighted by Crippen LogP contribution is -2.05. The number of rotatable bonds is 1. The van der Waals surface area contributed by atoms with E-state index in [2.05, 4.69) is 23.3 Å². The van der Waals surface area contributed by atoms with Crippen molar-refractivity contribution in [3.8, 4) is 0 Å². The van der Waals surface area contributed by atoms with Crippen LogP contribution in [0.4, 0.5) is 5.69 Å². The van der Waals surface area contributed by atoms with Crippen LogP contribution in [0.1, 0.15) is 11.1 Å². The zero-order valence-corrected chi connectivity index (χ0v) is 9.32. The van der Waals surface area contributed by atoms with E-state index in [1.807, 2.05) is 59.9 Å². The van der Waals surface area contributed by atoms with Gasteiger partial charge in [-0.2, -0.15) is 5.10 Å². The molecular formula is C15H12N2. The average Bonchev–Trinajstić information content (AvgIpc) is 2.62. The largest absolute Gasteiger partial charge is 0.241 e. The van der Waals surface area contributed by atoms with Gasteiger partial charge < -0.3 is 0 Å². The molecule has 0 amide bonds. The van der Waals surface area contributed by atoms with Gasteiger partial charge in [-0.05, 0) is 23.8 Å². The molecule has 2 aromatic carbocycles. The Kier molecular flexibility index (Phi) is 2.47. The summed E-state index contributed by atoms with van der Waals surface area (Å²) in [5.41, 5.74) is 3.39. The summed E-state index contributed by atoms with van der Waals surface area (Å²) in [5, 5.41) is 6.33. The Morgan fingerprint density at radius 2 is 1.47 bits per heavy atom. The molecule has 1 aliphatic heterocycles. The van der Waals surface area contributed by atoms with E-state index >= 15 is 0 Å². The molecule has 0 saturated carbocycles. The van der Waals surface area contributed by atoms with Gasteiger partial charge in [0.05, 0.1) is 11.9 Å². The number of hydrazone groups is 1. The van der Waals surface area contributed by atoms with Crippen molar-refractivity contribution in [3.63, 3.8) is 0 Å². The van der Waals surface area contributed by atoms with Gasteiger partial charge in [-0.25, -0.2) is 5.01 Å². The Morgan fingerprint density at radius 3 is 2.29 bits per heavy atom. The van der Waals surface area contributed by atoms with Gasteiger partial charge in [-0.15, -0.1) is 0 Å². The summed E-state index contributed by atoms with van der Waals surface area (Å²) >= 11 is 0. The van der Waals surface area contributed by atoms with Crippen molar-refractivity contribution in [2.75, 3.05) is 5.01 Å². The van der Waals surface area contributed by atoms with Crippen LogP contribution in [0, 0.1) is 0 Å². The van der Waals surface area contributed by atoms with Gasteiger partial charge in [0, 0.05) is 11.8 Å². The Morgan fingerprint density at radius 1 is 0.765 bits per heavy atom. The second-order valence-electron chi connectivity index (χ2n) is 3.87. The zero-order chi connectivity index (χ0) is 11.5. The number of fused-ring (bicyclic) bond motifs is 1. The molecule has 0 N–H and O–H groups in total. The number of para-hydroxylation sites is 1. The first-order valence-corrected chi connectivity index (χ1v) is 5.59. The van der Waals surface area contributed by atoms with E-state index < -0.39 is 0 Å². The van der Waals surface area contributed by atoms with Crippen molar-refractivity contribution in [1.82, 2.24) is 0 Å². The number of anilines is 1. The summed E-state index contributed by atoms with van der Waals surface area (Å²) in [6, 6.07) is 18.3. The normalized spacial score (nSPS) is 13.3. The molecule has 0 radical (unpaired) electrons. The summed E-state index contributed by atoms with van der Waals surface area (Å²) in [5.74, 6) is 0. The molecule has 0 fully saturated rings. The van der Waals surface area contributed by atoms with Crippen LogP contribution < -0.4 is 5.01 Å². The molecule has 17 heavy (non-hydrogen) atoms. The molecule has 2 aromatic rings. The minimum atomic E-state index is 1.06. The summed E-state index contributed by atoms with van der Waals surface area (Å²) in [6.45, 7) is 0. The maximum absolute atomic E-state index is 4.46. The van der Waals surface area contributed by atoms with Crippen LogP contribution in [0.5, 0.6) is 0 Å². The predicted octanol–water partition coefficient (Wildman–Crippen LogP) is 3.51. The summed E-state index contributed by atoms with van der Waals surface area (Å²) < 4.78 is 0. The van der Waals surface area contributed by atoms with Gasteiger partial charge >= 0.3 is 0 Å². The molecule has 1 heterocycles. The van der Waals surface area contributed by atoms with Crippen molar-refractivity contribution in [2.24, 2.45) is 5.10 Å². The first-order chi connectivity index (χ1) is 8.43. The Hall–Kier alpha value is -2.35. The summed E-state index contributed by atoms with van der Waals surface area (Å²) in [4.78, 5) is 0. The van der Waals surface area contributed by atoms with E-state index in [-0.39, 0.29) is 0 Å². The number of nitrogens with zero attached hydrogens (tertiary/aromatic N) is 2. The third kappa shape index (κ3) is 1.97. The predicted molar refractivity (Wildman–Crippen MR) is 72.0 cm³/mol. The Labute approximate surface area is 101 Å². The number of benzene rings is 2. The van der Waals surface area contributed by atoms with Crippen molar-refractivity contribution >= 4 is 18.0 Å². The van der Waals surface area contributed by atoms with Gasteiger partial charge in [0.15, 0.2) is 0 Å². The smallest absolute Gasteiger partial charge is 0.0645 e. The number of hydrogen-bond acceptors (Lipinski definition) is 2. The number of hydrogen-bond donors (Lipinski definition) is 0. The highest BCUT2D eigenvalue weighted by Crippen LogP contribution is 2.19. The van der Waals surface area contributed by atoms with Crippen LogP contribution >= 0.6 is 0 Å². The molecule has 82 valence electrons. The van der Waals surface area contributed by atoms with E-state index in [0.717, 1.165) is 11.3 Å². The average molecular weight is 220 g/mol. The van der Waals surface area contributed by atoms with Crippen LogP contribution in [0.2, 0.25) is 0 Å². The Bertz CT molecular complexity index is 537. The van der Waals surface area contributed by atoms with Gasteiger partial charge in [0.1, 0.15) is 0 Å². The highest BCUT2D eigenvalue weighted by atomic mass is 15.4. The fourth-order valence-corrected chi connectivity index (χ4v) is 1.83. The molecule has 0 saturated heterocycles. The van der Waals surface area contributed by atoms with E-state index in [4.69, 9.17) is 0 Å². The molecule has 2 nitrogen and oxygen atoms in total. The molecule has 0 bridgehead atoms. The highest BCUT2D eigenvalue weighted by molar-refractivity contribution is 5.87. The molecule has 2 heteroatoms. The lowest BCUT2D eigenvalue weighted by Gasteiger charge is -2.12. The molecule has 0 atom stereocenters. The first kappa shape index (κ1) is 9.85. The lowest BCUT2D eigenvalue weighted by molar-refractivity contribution is 1.09. The highest BCUT2D eigenvalue weighted by Gasteiger charge is 2.04. The standard InChI is InChI=1S/C15H12N2/c1-2-8-15(9-3-1)17-11-10-13-6-4-5-7-14(13)12-16-17/h1-12H. The quantitative estimate of drug-likeness (QED) is 0.718. The minimum absolute atomic E-state index is 1.06. The van der Waals surface area contributed by atoms with Crippen LogP contribution in [-0.2, 0) is 0 Å². The maximum atomic E-state index is 4.46. The van der Waals surface area contributed by atoms with Crippen molar-refractivity contribution < 1.29 is 0 Å². The molecular weight excluding hydrogens is 208 g/mol. The first-order valence-electron chi connectivity index (χ1n) is 5.59. The summed E-state index contributed by atoms with van der Waals surface area (Å²) in [7, 11) is 0. The van der Waals surface area contributed by atoms with Gasteiger partial charge in [0.2, 0.25) is 0 Å². The monoisotopic (exact) mass is 220 g/mol. The molecule has 0 spiro atoms. The lowest BCUT2D eigenvalue weighted by atomic mass is 10.1. The molecule has 0 aliphatic carbocycles. The van der Waals surface area contributed by atoms with Crippen LogP contribution in [0.15, 0.2) is 65.9 Å². The topological polar surface area (TPSA) is 15.6 Å². The van der Waals surface area contributed by atoms with Crippen LogP contribution in [0.3, 0.4) is 0 Å². The van der Waals surface area contributed by atoms with Crippen molar-refractivity contribution in [3.05, 3.63) is 71.9 Å². The van der Waals surface area contributed by atoms with Gasteiger partial charge in [0.25, 0.3) is 0 Å². The molecule has 3 rings (SSSR count). The fourth-order valence-electron chi connectivity index (χ4n) is 1.83. The van der Waals surface area contributed by atoms with Gasteiger partial charge in [-0.1, -0.05) is 42.5 Å². The maximum Gasteiger partial charge on any atom is 0.0645 e. The zero-order valence-electron chi connectivity index (χ0n) is 9.32. The molecule has 0 aromatic heterocycles. The molecule has 0 unspecified atom stereocenters. The SMILES string of the molecule is C1=CN(c2ccccc2)N=Cc2ccccc21. The van der Waals surface area contributed by atoms with Crippen molar-refractivity contribution in [2.45, 2.75) is 0 Å². The third-order valence-electron chi connectivity index (χ3n) is 2.73. The second-order valence-corrected chi connectivity index (χ2v) is 3.87. The summed E-state index contributed by atoms with van der Waals surface area (Å²) in [6.07, 6.45) is 5.95. The Balaban J connectivity index is 1.99.